The van der Waals surface area contributed by atoms with Gasteiger partial charge in [0.25, 0.3) is 0 Å². The van der Waals surface area contributed by atoms with Gasteiger partial charge in [-0.15, -0.1) is 0 Å². The molecule has 1 aromatic rings. The third kappa shape index (κ3) is 2.76. The molecule has 0 spiro atoms. The summed E-state index contributed by atoms with van der Waals surface area (Å²) in [7, 11) is 0. The van der Waals surface area contributed by atoms with Gasteiger partial charge in [-0.2, -0.15) is 0 Å². The summed E-state index contributed by atoms with van der Waals surface area (Å²) in [5.41, 5.74) is 2.37. The van der Waals surface area contributed by atoms with E-state index in [1.54, 1.807) is 0 Å². The van der Waals surface area contributed by atoms with E-state index >= 15 is 0 Å². The number of carbonyl (C=O) groups excluding carboxylic acids is 2. The average Bonchev–Trinajstić information content (AvgIpc) is 2.71. The lowest BCUT2D eigenvalue weighted by atomic mass is 9.72. The monoisotopic (exact) mass is 404 g/mol. The summed E-state index contributed by atoms with van der Waals surface area (Å²) < 4.78 is 18.4. The van der Waals surface area contributed by atoms with Crippen molar-refractivity contribution in [2.24, 2.45) is 11.8 Å². The summed E-state index contributed by atoms with van der Waals surface area (Å²) in [5.74, 6) is -0.0575. The molecule has 3 heterocycles. The summed E-state index contributed by atoms with van der Waals surface area (Å²) >= 11 is 0. The van der Waals surface area contributed by atoms with Gasteiger partial charge < -0.3 is 14.2 Å². The largest absolute Gasteiger partial charge is 0.489 e. The van der Waals surface area contributed by atoms with Crippen molar-refractivity contribution in [2.75, 3.05) is 0 Å². The zero-order valence-electron chi connectivity index (χ0n) is 17.5. The number of hydrogen-bond donors (Lipinski definition) is 0. The van der Waals surface area contributed by atoms with Crippen LogP contribution in [0.4, 0.5) is 0 Å². The lowest BCUT2D eigenvalue weighted by Crippen LogP contribution is -2.47. The Morgan fingerprint density at radius 3 is 2.47 bits per heavy atom. The summed E-state index contributed by atoms with van der Waals surface area (Å²) in [4.78, 5) is 25.9. The molecular formula is C25H24O5. The maximum Gasteiger partial charge on any atom is 0.331 e. The number of ketones is 1. The zero-order chi connectivity index (χ0) is 21.2. The highest BCUT2D eigenvalue weighted by molar-refractivity contribution is 6.04. The molecule has 1 aromatic carbocycles. The van der Waals surface area contributed by atoms with Crippen molar-refractivity contribution in [2.45, 2.75) is 45.5 Å². The van der Waals surface area contributed by atoms with Crippen molar-refractivity contribution >= 4 is 17.3 Å². The van der Waals surface area contributed by atoms with E-state index in [2.05, 4.69) is 0 Å². The Hall–Kier alpha value is -3.08. The lowest BCUT2D eigenvalue weighted by molar-refractivity contribution is -0.146. The Bertz CT molecular complexity index is 1070. The predicted molar refractivity (Wildman–Crippen MR) is 111 cm³/mol. The van der Waals surface area contributed by atoms with Gasteiger partial charge in [0.2, 0.25) is 0 Å². The molecule has 4 atom stereocenters. The zero-order valence-corrected chi connectivity index (χ0v) is 17.5. The molecule has 0 bridgehead atoms. The predicted octanol–water partition coefficient (Wildman–Crippen LogP) is 4.12. The van der Waals surface area contributed by atoms with Crippen molar-refractivity contribution in [3.8, 4) is 0 Å². The lowest BCUT2D eigenvalue weighted by Gasteiger charge is -2.45. The maximum absolute atomic E-state index is 13.3. The first-order chi connectivity index (χ1) is 14.3. The number of esters is 1. The van der Waals surface area contributed by atoms with Crippen LogP contribution in [0.2, 0.25) is 0 Å². The van der Waals surface area contributed by atoms with Gasteiger partial charge in [-0.3, -0.25) is 4.79 Å². The van der Waals surface area contributed by atoms with Crippen molar-refractivity contribution in [3.05, 3.63) is 76.8 Å². The minimum Gasteiger partial charge on any atom is -0.489 e. The van der Waals surface area contributed by atoms with Crippen LogP contribution >= 0.6 is 0 Å². The number of hydrogen-bond acceptors (Lipinski definition) is 5. The van der Waals surface area contributed by atoms with E-state index < -0.39 is 23.6 Å². The highest BCUT2D eigenvalue weighted by Crippen LogP contribution is 2.51. The first-order valence-corrected chi connectivity index (χ1v) is 10.3. The van der Waals surface area contributed by atoms with Crippen LogP contribution < -0.4 is 0 Å². The minimum absolute atomic E-state index is 0.0364. The molecule has 3 aliphatic heterocycles. The Morgan fingerprint density at radius 1 is 1.00 bits per heavy atom. The number of allylic oxidation sites excluding steroid dienone is 1. The van der Waals surface area contributed by atoms with Crippen molar-refractivity contribution in [3.63, 3.8) is 0 Å². The standard InChI is InChI=1S/C25H24O5/c1-13-14(2)28-22-16-10-11-25(3,4)30-23(16)19-17(15-8-6-5-7-9-15)12-18(26)29-24(19)20(22)21(13)27/h5-14,19,24H,1-4H3/t13-,14+,19+,24+/m0/s1. The van der Waals surface area contributed by atoms with E-state index in [9.17, 15) is 9.59 Å². The Kier molecular flexibility index (Phi) is 4.07. The van der Waals surface area contributed by atoms with E-state index in [4.69, 9.17) is 14.2 Å². The molecule has 0 unspecified atom stereocenters. The highest BCUT2D eigenvalue weighted by atomic mass is 16.6. The molecular weight excluding hydrogens is 380 g/mol. The third-order valence-electron chi connectivity index (χ3n) is 6.29. The molecule has 1 aliphatic carbocycles. The molecule has 0 amide bonds. The fraction of sp³-hybridized carbons (Fsp3) is 0.360. The van der Waals surface area contributed by atoms with Crippen LogP contribution in [-0.2, 0) is 23.8 Å². The third-order valence-corrected chi connectivity index (χ3v) is 6.29. The Morgan fingerprint density at radius 2 is 1.73 bits per heavy atom. The van der Waals surface area contributed by atoms with Crippen LogP contribution in [0.25, 0.3) is 5.57 Å². The molecule has 0 aromatic heterocycles. The van der Waals surface area contributed by atoms with Gasteiger partial charge >= 0.3 is 5.97 Å². The van der Waals surface area contributed by atoms with Crippen LogP contribution in [0.1, 0.15) is 33.3 Å². The van der Waals surface area contributed by atoms with Gasteiger partial charge in [-0.1, -0.05) is 37.3 Å². The van der Waals surface area contributed by atoms with E-state index in [1.165, 1.54) is 6.08 Å². The van der Waals surface area contributed by atoms with E-state index in [1.807, 2.05) is 70.2 Å². The van der Waals surface area contributed by atoms with Crippen LogP contribution in [0, 0.1) is 11.8 Å². The topological polar surface area (TPSA) is 61.8 Å². The van der Waals surface area contributed by atoms with Crippen LogP contribution in [0.5, 0.6) is 0 Å². The molecule has 5 rings (SSSR count). The molecule has 0 saturated carbocycles. The SMILES string of the molecule is C[C@@H]1C(=O)C2=C(O[C@@H]1C)C1=C(OC(C)(C)C=C1)[C@H]1C(c3ccccc3)=CC(=O)O[C@@H]21. The summed E-state index contributed by atoms with van der Waals surface area (Å²) in [5, 5.41) is 0. The normalized spacial score (nSPS) is 31.7. The first-order valence-electron chi connectivity index (χ1n) is 10.3. The van der Waals surface area contributed by atoms with Crippen LogP contribution in [0.3, 0.4) is 0 Å². The number of benzene rings is 1. The van der Waals surface area contributed by atoms with Crippen LogP contribution in [-0.4, -0.2) is 29.6 Å². The molecule has 4 aliphatic rings. The number of Topliss-reactive ketones (excluding diaryl/α,β-unsaturated/α-hetero) is 1. The number of ether oxygens (including phenoxy) is 3. The highest BCUT2D eigenvalue weighted by Gasteiger charge is 2.52. The van der Waals surface area contributed by atoms with Crippen molar-refractivity contribution in [1.82, 2.24) is 0 Å². The van der Waals surface area contributed by atoms with Gasteiger partial charge in [-0.25, -0.2) is 4.79 Å². The smallest absolute Gasteiger partial charge is 0.331 e. The number of rotatable bonds is 1. The van der Waals surface area contributed by atoms with Gasteiger partial charge in [-0.05, 0) is 44.1 Å². The minimum atomic E-state index is -0.767. The fourth-order valence-corrected chi connectivity index (χ4v) is 4.56. The average molecular weight is 404 g/mol. The van der Waals surface area contributed by atoms with Gasteiger partial charge in [0, 0.05) is 6.08 Å². The second-order valence-electron chi connectivity index (χ2n) is 8.84. The Labute approximate surface area is 175 Å². The molecule has 30 heavy (non-hydrogen) atoms. The molecule has 0 saturated heterocycles. The summed E-state index contributed by atoms with van der Waals surface area (Å²) in [6, 6.07) is 9.70. The summed E-state index contributed by atoms with van der Waals surface area (Å²) in [6.45, 7) is 7.69. The maximum atomic E-state index is 13.3. The number of carbonyl (C=O) groups is 2. The van der Waals surface area contributed by atoms with Crippen LogP contribution in [0.15, 0.2) is 71.2 Å². The first kappa shape index (κ1) is 18.9. The van der Waals surface area contributed by atoms with Crippen molar-refractivity contribution < 1.29 is 23.8 Å². The molecule has 5 heteroatoms. The molecule has 0 radical (unpaired) electrons. The molecule has 0 fully saturated rings. The van der Waals surface area contributed by atoms with E-state index in [0.29, 0.717) is 17.1 Å². The molecule has 154 valence electrons. The van der Waals surface area contributed by atoms with E-state index in [-0.39, 0.29) is 17.8 Å². The fourth-order valence-electron chi connectivity index (χ4n) is 4.56. The van der Waals surface area contributed by atoms with Gasteiger partial charge in [0.15, 0.2) is 5.78 Å². The van der Waals surface area contributed by atoms with E-state index in [0.717, 1.165) is 16.7 Å². The Balaban J connectivity index is 1.75. The quantitative estimate of drug-likeness (QED) is 0.659. The van der Waals surface area contributed by atoms with Gasteiger partial charge in [0.05, 0.1) is 23.0 Å². The van der Waals surface area contributed by atoms with Gasteiger partial charge in [0.1, 0.15) is 29.3 Å². The number of fused-ring (bicyclic) bond motifs is 4. The molecule has 5 nitrogen and oxygen atoms in total. The second-order valence-corrected chi connectivity index (χ2v) is 8.84. The second kappa shape index (κ2) is 6.46. The summed E-state index contributed by atoms with van der Waals surface area (Å²) in [6.07, 6.45) is 4.42. The molecule has 0 N–H and O–H groups in total. The van der Waals surface area contributed by atoms with Crippen molar-refractivity contribution in [1.29, 1.82) is 0 Å².